The number of benzene rings is 2. The number of furan rings is 1. The van der Waals surface area contributed by atoms with Gasteiger partial charge in [-0.3, -0.25) is 9.59 Å². The topological polar surface area (TPSA) is 80.0 Å². The molecule has 0 radical (unpaired) electrons. The van der Waals surface area contributed by atoms with Crippen molar-refractivity contribution in [2.45, 2.75) is 44.8 Å². The van der Waals surface area contributed by atoms with Crippen LogP contribution in [0.1, 0.15) is 60.3 Å². The van der Waals surface area contributed by atoms with Crippen molar-refractivity contribution < 1.29 is 23.8 Å². The minimum absolute atomic E-state index is 0.0402. The van der Waals surface area contributed by atoms with Crippen LogP contribution in [-0.4, -0.2) is 41.0 Å². The Morgan fingerprint density at radius 2 is 1.94 bits per heavy atom. The van der Waals surface area contributed by atoms with Crippen LogP contribution in [-0.2, 0) is 9.53 Å². The minimum Gasteiger partial charge on any atom is -0.503 e. The van der Waals surface area contributed by atoms with Crippen LogP contribution in [0.25, 0.3) is 11.0 Å². The zero-order valence-electron chi connectivity index (χ0n) is 19.1. The molecule has 0 bridgehead atoms. The Balaban J connectivity index is 1.56. The zero-order valence-corrected chi connectivity index (χ0v) is 20.7. The van der Waals surface area contributed by atoms with Gasteiger partial charge in [0.05, 0.1) is 17.7 Å². The van der Waals surface area contributed by atoms with E-state index in [1.165, 1.54) is 0 Å². The number of carbonyl (C=O) groups excluding carboxylic acids is 2. The number of fused-ring (bicyclic) bond motifs is 1. The van der Waals surface area contributed by atoms with Crippen molar-refractivity contribution in [2.75, 3.05) is 13.2 Å². The summed E-state index contributed by atoms with van der Waals surface area (Å²) in [4.78, 5) is 28.4. The van der Waals surface area contributed by atoms with E-state index in [-0.39, 0.29) is 17.4 Å². The van der Waals surface area contributed by atoms with E-state index in [4.69, 9.17) is 9.15 Å². The second kappa shape index (κ2) is 9.04. The molecule has 0 saturated carbocycles. The molecule has 5 rings (SSSR count). The van der Waals surface area contributed by atoms with E-state index >= 15 is 0 Å². The van der Waals surface area contributed by atoms with Crippen molar-refractivity contribution in [3.8, 4) is 0 Å². The molecule has 0 spiro atoms. The van der Waals surface area contributed by atoms with Crippen molar-refractivity contribution in [1.82, 2.24) is 4.90 Å². The lowest BCUT2D eigenvalue weighted by atomic mass is 9.92. The van der Waals surface area contributed by atoms with Gasteiger partial charge >= 0.3 is 0 Å². The first kappa shape index (κ1) is 22.9. The Morgan fingerprint density at radius 3 is 2.62 bits per heavy atom. The third-order valence-corrected chi connectivity index (χ3v) is 7.09. The number of amides is 1. The quantitative estimate of drug-likeness (QED) is 0.396. The fraction of sp³-hybridized carbons (Fsp3) is 0.333. The maximum absolute atomic E-state index is 13.7. The first-order valence-corrected chi connectivity index (χ1v) is 12.3. The minimum atomic E-state index is -0.717. The van der Waals surface area contributed by atoms with Gasteiger partial charge in [0.1, 0.15) is 5.58 Å². The summed E-state index contributed by atoms with van der Waals surface area (Å²) in [5.74, 6) is -1.14. The van der Waals surface area contributed by atoms with Gasteiger partial charge in [0, 0.05) is 23.0 Å². The predicted molar refractivity (Wildman–Crippen MR) is 132 cm³/mol. The van der Waals surface area contributed by atoms with Crippen molar-refractivity contribution >= 4 is 38.6 Å². The molecule has 1 amide bonds. The first-order chi connectivity index (χ1) is 16.3. The summed E-state index contributed by atoms with van der Waals surface area (Å²) >= 11 is 3.43. The summed E-state index contributed by atoms with van der Waals surface area (Å²) < 4.78 is 12.4. The number of hydrogen-bond donors (Lipinski definition) is 1. The molecular formula is C27H26BrNO5. The van der Waals surface area contributed by atoms with Crippen molar-refractivity contribution in [3.05, 3.63) is 81.2 Å². The molecule has 2 aliphatic heterocycles. The van der Waals surface area contributed by atoms with E-state index in [1.807, 2.05) is 36.4 Å². The van der Waals surface area contributed by atoms with Gasteiger partial charge in [0.15, 0.2) is 11.5 Å². The number of ketones is 1. The smallest absolute Gasteiger partial charge is 0.290 e. The Kier molecular flexibility index (Phi) is 6.08. The molecule has 1 saturated heterocycles. The molecule has 1 N–H and O–H groups in total. The molecule has 3 aromatic rings. The summed E-state index contributed by atoms with van der Waals surface area (Å²) in [7, 11) is 0. The first-order valence-electron chi connectivity index (χ1n) is 11.5. The molecule has 2 aliphatic rings. The van der Waals surface area contributed by atoms with Crippen LogP contribution in [0.2, 0.25) is 0 Å². The highest BCUT2D eigenvalue weighted by Crippen LogP contribution is 2.40. The van der Waals surface area contributed by atoms with Gasteiger partial charge in [-0.05, 0) is 54.2 Å². The van der Waals surface area contributed by atoms with E-state index in [0.717, 1.165) is 33.8 Å². The van der Waals surface area contributed by atoms with Crippen molar-refractivity contribution in [1.29, 1.82) is 0 Å². The summed E-state index contributed by atoms with van der Waals surface area (Å²) in [6.45, 7) is 5.18. The molecule has 1 fully saturated rings. The normalized spacial score (nSPS) is 20.8. The maximum Gasteiger partial charge on any atom is 0.290 e. The van der Waals surface area contributed by atoms with E-state index in [0.29, 0.717) is 24.7 Å². The largest absolute Gasteiger partial charge is 0.503 e. The maximum atomic E-state index is 13.7. The van der Waals surface area contributed by atoms with E-state index < -0.39 is 23.5 Å². The lowest BCUT2D eigenvalue weighted by Gasteiger charge is -2.29. The van der Waals surface area contributed by atoms with Crippen LogP contribution in [0, 0.1) is 0 Å². The highest BCUT2D eigenvalue weighted by atomic mass is 79.9. The second-order valence-electron chi connectivity index (χ2n) is 9.20. The highest BCUT2D eigenvalue weighted by molar-refractivity contribution is 9.10. The molecule has 7 heteroatoms. The number of nitrogens with zero attached hydrogens (tertiary/aromatic N) is 1. The predicted octanol–water partition coefficient (Wildman–Crippen LogP) is 6.08. The van der Waals surface area contributed by atoms with E-state index in [1.54, 1.807) is 17.0 Å². The van der Waals surface area contributed by atoms with Gasteiger partial charge in [-0.2, -0.15) is 0 Å². The Bertz CT molecular complexity index is 1280. The lowest BCUT2D eigenvalue weighted by molar-refractivity contribution is -0.131. The van der Waals surface area contributed by atoms with Crippen LogP contribution >= 0.6 is 15.9 Å². The summed E-state index contributed by atoms with van der Waals surface area (Å²) in [6, 6.07) is 14.3. The van der Waals surface area contributed by atoms with Crippen LogP contribution in [0.4, 0.5) is 0 Å². The number of rotatable bonds is 6. The fourth-order valence-electron chi connectivity index (χ4n) is 4.75. The molecule has 2 atom stereocenters. The lowest BCUT2D eigenvalue weighted by Crippen LogP contribution is -2.37. The summed E-state index contributed by atoms with van der Waals surface area (Å²) in [5.41, 5.74) is 2.52. The average Bonchev–Trinajstić information content (AvgIpc) is 3.54. The van der Waals surface area contributed by atoms with E-state index in [2.05, 4.69) is 29.8 Å². The molecule has 3 heterocycles. The highest BCUT2D eigenvalue weighted by Gasteiger charge is 2.45. The zero-order chi connectivity index (χ0) is 24.0. The molecule has 0 aliphatic carbocycles. The van der Waals surface area contributed by atoms with Crippen molar-refractivity contribution in [2.24, 2.45) is 0 Å². The molecule has 6 nitrogen and oxygen atoms in total. The average molecular weight is 524 g/mol. The molecule has 2 unspecified atom stereocenters. The number of aliphatic hydroxyl groups is 1. The number of Topliss-reactive ketones (excluding diaryl/α,β-unsaturated/α-hetero) is 1. The summed E-state index contributed by atoms with van der Waals surface area (Å²) in [6.07, 6.45) is 1.65. The number of halogens is 1. The fourth-order valence-corrected chi connectivity index (χ4v) is 5.13. The molecule has 2 aromatic carbocycles. The van der Waals surface area contributed by atoms with Crippen LogP contribution in [0.5, 0.6) is 0 Å². The van der Waals surface area contributed by atoms with E-state index in [9.17, 15) is 14.7 Å². The monoisotopic (exact) mass is 523 g/mol. The third-order valence-electron chi connectivity index (χ3n) is 6.59. The van der Waals surface area contributed by atoms with Gasteiger partial charge in [-0.15, -0.1) is 0 Å². The molecule has 1 aromatic heterocycles. The van der Waals surface area contributed by atoms with Gasteiger partial charge in [0.25, 0.3) is 5.91 Å². The van der Waals surface area contributed by atoms with Crippen LogP contribution in [0.3, 0.4) is 0 Å². The Morgan fingerprint density at radius 1 is 1.18 bits per heavy atom. The van der Waals surface area contributed by atoms with Gasteiger partial charge in [-0.1, -0.05) is 54.0 Å². The van der Waals surface area contributed by atoms with Gasteiger partial charge < -0.3 is 19.2 Å². The molecule has 176 valence electrons. The number of ether oxygens (including phenoxy) is 1. The number of hydrogen-bond acceptors (Lipinski definition) is 5. The number of carbonyl (C=O) groups is 2. The van der Waals surface area contributed by atoms with Gasteiger partial charge in [-0.25, -0.2) is 0 Å². The SMILES string of the molecule is CC(C)c1ccc(C2C(C(=O)c3cc4cc(Br)ccc4o3)=C(O)C(=O)N2CC2CCCO2)cc1. The van der Waals surface area contributed by atoms with Gasteiger partial charge in [0.2, 0.25) is 5.78 Å². The Hall–Kier alpha value is -2.90. The summed E-state index contributed by atoms with van der Waals surface area (Å²) in [5, 5.41) is 11.7. The second-order valence-corrected chi connectivity index (χ2v) is 10.1. The van der Waals surface area contributed by atoms with Crippen molar-refractivity contribution in [3.63, 3.8) is 0 Å². The number of aliphatic hydroxyl groups excluding tert-OH is 1. The third kappa shape index (κ3) is 4.07. The molecule has 34 heavy (non-hydrogen) atoms. The molecular weight excluding hydrogens is 498 g/mol. The Labute approximate surface area is 206 Å². The van der Waals surface area contributed by atoms with Crippen LogP contribution in [0.15, 0.2) is 68.8 Å². The van der Waals surface area contributed by atoms with Crippen LogP contribution < -0.4 is 0 Å². The standard InChI is InChI=1S/C27H26BrNO5/c1-15(2)16-5-7-17(8-6-16)24-23(26(31)27(32)29(24)14-20-4-3-11-33-20)25(30)22-13-18-12-19(28)9-10-21(18)34-22/h5-10,12-13,15,20,24,31H,3-4,11,14H2,1-2H3.